The van der Waals surface area contributed by atoms with Crippen LogP contribution in [0.3, 0.4) is 0 Å². The van der Waals surface area contributed by atoms with Crippen LogP contribution in [0.1, 0.15) is 11.1 Å². The number of aromatic amines is 1. The van der Waals surface area contributed by atoms with E-state index in [0.717, 1.165) is 5.56 Å². The summed E-state index contributed by atoms with van der Waals surface area (Å²) in [5.74, 6) is 0. The van der Waals surface area contributed by atoms with Crippen LogP contribution in [0.5, 0.6) is 0 Å². The first-order chi connectivity index (χ1) is 4.84. The fraction of sp³-hybridized carbons (Fsp3) is 0.125. The van der Waals surface area contributed by atoms with Crippen LogP contribution in [0.4, 0.5) is 0 Å². The van der Waals surface area contributed by atoms with E-state index >= 15 is 0 Å². The van der Waals surface area contributed by atoms with Gasteiger partial charge < -0.3 is 4.98 Å². The normalized spacial score (nSPS) is 10.5. The highest BCUT2D eigenvalue weighted by molar-refractivity contribution is 5.52. The lowest BCUT2D eigenvalue weighted by Crippen LogP contribution is -1.67. The number of aliphatic imine (C=N–C) groups is 1. The molecule has 2 heteroatoms. The van der Waals surface area contributed by atoms with Gasteiger partial charge in [0.15, 0.2) is 0 Å². The summed E-state index contributed by atoms with van der Waals surface area (Å²) >= 11 is 0. The van der Waals surface area contributed by atoms with Crippen LogP contribution in [0.25, 0.3) is 6.08 Å². The smallest absolute Gasteiger partial charge is 0.0267 e. The Balaban J connectivity index is 2.83. The fourth-order valence-corrected chi connectivity index (χ4v) is 0.766. The zero-order chi connectivity index (χ0) is 7.40. The van der Waals surface area contributed by atoms with Gasteiger partial charge >= 0.3 is 0 Å². The number of hydrogen-bond donors (Lipinski definition) is 1. The molecular weight excluding hydrogens is 124 g/mol. The zero-order valence-electron chi connectivity index (χ0n) is 5.96. The topological polar surface area (TPSA) is 28.1 Å². The van der Waals surface area contributed by atoms with Crippen molar-refractivity contribution in [3.05, 3.63) is 29.7 Å². The Morgan fingerprint density at radius 2 is 2.40 bits per heavy atom. The summed E-state index contributed by atoms with van der Waals surface area (Å²) in [6.07, 6.45) is 7.47. The minimum atomic E-state index is 1.16. The molecule has 52 valence electrons. The van der Waals surface area contributed by atoms with Crippen molar-refractivity contribution in [2.24, 2.45) is 4.99 Å². The van der Waals surface area contributed by atoms with Gasteiger partial charge in [-0.1, -0.05) is 0 Å². The molecule has 1 heterocycles. The number of nitrogens with zero attached hydrogens (tertiary/aromatic N) is 1. The largest absolute Gasteiger partial charge is 0.367 e. The maximum atomic E-state index is 3.61. The molecule has 0 saturated heterocycles. The average Bonchev–Trinajstić information content (AvgIpc) is 2.31. The van der Waals surface area contributed by atoms with Crippen LogP contribution in [-0.2, 0) is 0 Å². The van der Waals surface area contributed by atoms with Crippen LogP contribution in [0, 0.1) is 6.92 Å². The molecule has 0 aliphatic carbocycles. The first-order valence-corrected chi connectivity index (χ1v) is 3.10. The van der Waals surface area contributed by atoms with Crippen molar-refractivity contribution in [3.63, 3.8) is 0 Å². The SMILES string of the molecule is C=N/C=C\c1c[nH]cc1C. The van der Waals surface area contributed by atoms with Crippen molar-refractivity contribution >= 4 is 12.8 Å². The number of H-pyrrole nitrogens is 1. The van der Waals surface area contributed by atoms with Gasteiger partial charge in [0.05, 0.1) is 0 Å². The monoisotopic (exact) mass is 134 g/mol. The van der Waals surface area contributed by atoms with Crippen LogP contribution < -0.4 is 0 Å². The second kappa shape index (κ2) is 3.01. The maximum absolute atomic E-state index is 3.61. The third kappa shape index (κ3) is 1.35. The summed E-state index contributed by atoms with van der Waals surface area (Å²) < 4.78 is 0. The molecule has 0 atom stereocenters. The van der Waals surface area contributed by atoms with Gasteiger partial charge in [-0.2, -0.15) is 0 Å². The summed E-state index contributed by atoms with van der Waals surface area (Å²) in [5, 5.41) is 0. The predicted octanol–water partition coefficient (Wildman–Crippen LogP) is 1.99. The molecule has 0 fully saturated rings. The van der Waals surface area contributed by atoms with E-state index in [0.29, 0.717) is 0 Å². The van der Waals surface area contributed by atoms with E-state index in [4.69, 9.17) is 0 Å². The molecule has 1 rings (SSSR count). The Morgan fingerprint density at radius 3 is 2.90 bits per heavy atom. The minimum absolute atomic E-state index is 1.16. The summed E-state index contributed by atoms with van der Waals surface area (Å²) in [6, 6.07) is 0. The highest BCUT2D eigenvalue weighted by Crippen LogP contribution is 2.07. The van der Waals surface area contributed by atoms with E-state index in [2.05, 4.69) is 16.7 Å². The number of hydrogen-bond acceptors (Lipinski definition) is 1. The van der Waals surface area contributed by atoms with Gasteiger partial charge in [0, 0.05) is 18.6 Å². The van der Waals surface area contributed by atoms with Crippen molar-refractivity contribution < 1.29 is 0 Å². The molecule has 0 bridgehead atoms. The molecular formula is C8H10N2. The molecule has 0 unspecified atom stereocenters. The van der Waals surface area contributed by atoms with Gasteiger partial charge in [-0.05, 0) is 30.8 Å². The molecule has 10 heavy (non-hydrogen) atoms. The fourth-order valence-electron chi connectivity index (χ4n) is 0.766. The van der Waals surface area contributed by atoms with E-state index in [-0.39, 0.29) is 0 Å². The highest BCUT2D eigenvalue weighted by Gasteiger charge is 1.90. The first kappa shape index (κ1) is 6.81. The molecule has 0 aliphatic rings. The third-order valence-corrected chi connectivity index (χ3v) is 1.35. The van der Waals surface area contributed by atoms with Crippen LogP contribution in [-0.4, -0.2) is 11.7 Å². The van der Waals surface area contributed by atoms with Crippen molar-refractivity contribution in [1.29, 1.82) is 0 Å². The number of rotatable bonds is 2. The third-order valence-electron chi connectivity index (χ3n) is 1.35. The van der Waals surface area contributed by atoms with Gasteiger partial charge in [0.1, 0.15) is 0 Å². The van der Waals surface area contributed by atoms with E-state index in [9.17, 15) is 0 Å². The quantitative estimate of drug-likeness (QED) is 0.599. The predicted molar refractivity (Wildman–Crippen MR) is 44.1 cm³/mol. The van der Waals surface area contributed by atoms with Crippen molar-refractivity contribution in [2.45, 2.75) is 6.92 Å². The second-order valence-corrected chi connectivity index (χ2v) is 2.09. The molecule has 0 spiro atoms. The van der Waals surface area contributed by atoms with E-state index in [1.165, 1.54) is 5.56 Å². The number of nitrogens with one attached hydrogen (secondary N) is 1. The van der Waals surface area contributed by atoms with Gasteiger partial charge in [-0.25, -0.2) is 0 Å². The van der Waals surface area contributed by atoms with E-state index in [1.54, 1.807) is 6.20 Å². The summed E-state index contributed by atoms with van der Waals surface area (Å²) in [6.45, 7) is 5.38. The Morgan fingerprint density at radius 1 is 1.60 bits per heavy atom. The van der Waals surface area contributed by atoms with Crippen LogP contribution >= 0.6 is 0 Å². The average molecular weight is 134 g/mol. The second-order valence-electron chi connectivity index (χ2n) is 2.09. The highest BCUT2D eigenvalue weighted by atomic mass is 14.6. The van der Waals surface area contributed by atoms with Crippen LogP contribution in [0.2, 0.25) is 0 Å². The Labute approximate surface area is 60.3 Å². The van der Waals surface area contributed by atoms with E-state index in [1.807, 2.05) is 25.4 Å². The van der Waals surface area contributed by atoms with E-state index < -0.39 is 0 Å². The van der Waals surface area contributed by atoms with Crippen molar-refractivity contribution in [2.75, 3.05) is 0 Å². The van der Waals surface area contributed by atoms with Gasteiger partial charge in [-0.3, -0.25) is 4.99 Å². The Kier molecular flexibility index (Phi) is 2.05. The molecule has 0 aromatic carbocycles. The van der Waals surface area contributed by atoms with Gasteiger partial charge in [0.2, 0.25) is 0 Å². The first-order valence-electron chi connectivity index (χ1n) is 3.10. The number of aromatic nitrogens is 1. The van der Waals surface area contributed by atoms with Crippen molar-refractivity contribution in [1.82, 2.24) is 4.98 Å². The maximum Gasteiger partial charge on any atom is 0.0267 e. The molecule has 1 aromatic rings. The Hall–Kier alpha value is -1.31. The van der Waals surface area contributed by atoms with Crippen LogP contribution in [0.15, 0.2) is 23.6 Å². The number of aryl methyl sites for hydroxylation is 1. The lowest BCUT2D eigenvalue weighted by Gasteiger charge is -1.84. The van der Waals surface area contributed by atoms with Gasteiger partial charge in [0.25, 0.3) is 0 Å². The Bertz CT molecular complexity index is 246. The summed E-state index contributed by atoms with van der Waals surface area (Å²) in [4.78, 5) is 6.60. The molecule has 0 saturated carbocycles. The molecule has 2 nitrogen and oxygen atoms in total. The van der Waals surface area contributed by atoms with Crippen molar-refractivity contribution in [3.8, 4) is 0 Å². The lowest BCUT2D eigenvalue weighted by molar-refractivity contribution is 1.39. The summed E-state index contributed by atoms with van der Waals surface area (Å²) in [5.41, 5.74) is 2.38. The molecule has 1 aromatic heterocycles. The molecule has 0 aliphatic heterocycles. The van der Waals surface area contributed by atoms with Gasteiger partial charge in [-0.15, -0.1) is 0 Å². The summed E-state index contributed by atoms with van der Waals surface area (Å²) in [7, 11) is 0. The molecule has 0 amide bonds. The zero-order valence-corrected chi connectivity index (χ0v) is 5.96. The standard InChI is InChI=1S/C8H10N2/c1-7-5-10-6-8(7)3-4-9-2/h3-6,10H,2H2,1H3/b4-3-. The molecule has 0 radical (unpaired) electrons. The lowest BCUT2D eigenvalue weighted by atomic mass is 10.2. The molecule has 1 N–H and O–H groups in total. The minimum Gasteiger partial charge on any atom is -0.367 e.